The number of hydrogen-bond donors (Lipinski definition) is 0. The average Bonchev–Trinajstić information content (AvgIpc) is 3.21. The summed E-state index contributed by atoms with van der Waals surface area (Å²) in [5, 5.41) is 22.0. The van der Waals surface area contributed by atoms with Gasteiger partial charge in [0.15, 0.2) is 0 Å². The van der Waals surface area contributed by atoms with Crippen LogP contribution in [-0.2, 0) is 4.79 Å². The molecule has 1 aromatic rings. The number of amides is 2. The number of carbonyl (C=O) groups excluding carboxylic acids is 2. The normalized spacial score (nSPS) is 17.8. The van der Waals surface area contributed by atoms with Crippen molar-refractivity contribution in [1.29, 1.82) is 0 Å². The molecule has 0 aromatic heterocycles. The van der Waals surface area contributed by atoms with Crippen LogP contribution < -0.4 is 0 Å². The van der Waals surface area contributed by atoms with Crippen LogP contribution in [0.15, 0.2) is 18.2 Å². The Kier molecular flexibility index (Phi) is 5.33. The second-order valence-electron chi connectivity index (χ2n) is 6.85. The van der Waals surface area contributed by atoms with Crippen LogP contribution in [0.2, 0.25) is 0 Å². The van der Waals surface area contributed by atoms with Crippen LogP contribution >= 0.6 is 0 Å². The number of piperidine rings is 1. The van der Waals surface area contributed by atoms with Crippen molar-refractivity contribution in [1.82, 2.24) is 9.80 Å². The summed E-state index contributed by atoms with van der Waals surface area (Å²) in [5.74, 6) is -0.481. The maximum Gasteiger partial charge on any atom is 0.277 e. The third-order valence-electron chi connectivity index (χ3n) is 5.12. The van der Waals surface area contributed by atoms with Crippen molar-refractivity contribution in [3.05, 3.63) is 44.0 Å². The lowest BCUT2D eigenvalue weighted by molar-refractivity contribution is -0.394. The molecule has 27 heavy (non-hydrogen) atoms. The van der Waals surface area contributed by atoms with Gasteiger partial charge in [-0.25, -0.2) is 0 Å². The summed E-state index contributed by atoms with van der Waals surface area (Å²) in [6.07, 6.45) is 3.10. The highest BCUT2D eigenvalue weighted by molar-refractivity contribution is 5.95. The van der Waals surface area contributed by atoms with E-state index in [2.05, 4.69) is 0 Å². The number of likely N-dealkylation sites (tertiary alicyclic amines) is 2. The standard InChI is InChI=1S/C17H20N4O6/c22-16(18-5-1-2-6-18)12-3-7-19(8-4-12)17(23)13-9-14(20(24)25)11-15(10-13)21(26)27/h9-12H,1-8H2. The Hall–Kier alpha value is -3.04. The summed E-state index contributed by atoms with van der Waals surface area (Å²) in [6, 6.07) is 2.94. The molecule has 0 spiro atoms. The zero-order valence-corrected chi connectivity index (χ0v) is 14.7. The Morgan fingerprint density at radius 3 is 1.85 bits per heavy atom. The SMILES string of the molecule is O=C(c1cc([N+](=O)[O-])cc([N+](=O)[O-])c1)N1CCC(C(=O)N2CCCC2)CC1. The highest BCUT2D eigenvalue weighted by Crippen LogP contribution is 2.26. The number of hydrogen-bond acceptors (Lipinski definition) is 6. The Morgan fingerprint density at radius 1 is 0.852 bits per heavy atom. The summed E-state index contributed by atoms with van der Waals surface area (Å²) in [4.78, 5) is 48.9. The molecule has 2 saturated heterocycles. The number of rotatable bonds is 4. The molecule has 0 bridgehead atoms. The number of nitro benzene ring substituents is 2. The number of nitro groups is 2. The Morgan fingerprint density at radius 2 is 1.37 bits per heavy atom. The van der Waals surface area contributed by atoms with Crippen LogP contribution in [0.1, 0.15) is 36.0 Å². The van der Waals surface area contributed by atoms with Crippen molar-refractivity contribution in [2.24, 2.45) is 5.92 Å². The Labute approximate surface area is 155 Å². The molecule has 0 N–H and O–H groups in total. The van der Waals surface area contributed by atoms with E-state index in [1.807, 2.05) is 4.90 Å². The highest BCUT2D eigenvalue weighted by Gasteiger charge is 2.32. The van der Waals surface area contributed by atoms with Crippen LogP contribution in [0.5, 0.6) is 0 Å². The molecule has 0 saturated carbocycles. The van der Waals surface area contributed by atoms with Crippen molar-refractivity contribution in [2.45, 2.75) is 25.7 Å². The maximum absolute atomic E-state index is 12.7. The third-order valence-corrected chi connectivity index (χ3v) is 5.12. The first-order valence-corrected chi connectivity index (χ1v) is 8.89. The zero-order chi connectivity index (χ0) is 19.6. The van der Waals surface area contributed by atoms with E-state index >= 15 is 0 Å². The van der Waals surface area contributed by atoms with Gasteiger partial charge in [0, 0.05) is 44.2 Å². The molecular formula is C17H20N4O6. The van der Waals surface area contributed by atoms with E-state index in [1.165, 1.54) is 4.90 Å². The lowest BCUT2D eigenvalue weighted by atomic mass is 9.95. The summed E-state index contributed by atoms with van der Waals surface area (Å²) in [7, 11) is 0. The molecule has 2 fully saturated rings. The van der Waals surface area contributed by atoms with Crippen LogP contribution in [0.4, 0.5) is 11.4 Å². The van der Waals surface area contributed by atoms with Gasteiger partial charge < -0.3 is 9.80 Å². The minimum atomic E-state index is -0.759. The molecule has 10 nitrogen and oxygen atoms in total. The van der Waals surface area contributed by atoms with Crippen molar-refractivity contribution in [3.63, 3.8) is 0 Å². The van der Waals surface area contributed by atoms with E-state index in [9.17, 15) is 29.8 Å². The number of benzene rings is 1. The molecule has 2 amide bonds. The summed E-state index contributed by atoms with van der Waals surface area (Å²) < 4.78 is 0. The van der Waals surface area contributed by atoms with Crippen molar-refractivity contribution in [2.75, 3.05) is 26.2 Å². The smallest absolute Gasteiger partial charge is 0.277 e. The van der Waals surface area contributed by atoms with Crippen LogP contribution in [-0.4, -0.2) is 57.6 Å². The van der Waals surface area contributed by atoms with Gasteiger partial charge >= 0.3 is 0 Å². The van der Waals surface area contributed by atoms with E-state index in [1.54, 1.807) is 0 Å². The van der Waals surface area contributed by atoms with E-state index in [0.717, 1.165) is 44.1 Å². The monoisotopic (exact) mass is 376 g/mol. The zero-order valence-electron chi connectivity index (χ0n) is 14.7. The van der Waals surface area contributed by atoms with E-state index in [4.69, 9.17) is 0 Å². The van der Waals surface area contributed by atoms with Gasteiger partial charge in [-0.1, -0.05) is 0 Å². The molecule has 0 atom stereocenters. The largest absolute Gasteiger partial charge is 0.342 e. The van der Waals surface area contributed by atoms with Gasteiger partial charge in [0.05, 0.1) is 21.5 Å². The number of carbonyl (C=O) groups is 2. The van der Waals surface area contributed by atoms with Crippen LogP contribution in [0, 0.1) is 26.1 Å². The van der Waals surface area contributed by atoms with E-state index in [0.29, 0.717) is 25.9 Å². The minimum absolute atomic E-state index is 0.0831. The van der Waals surface area contributed by atoms with Crippen LogP contribution in [0.25, 0.3) is 0 Å². The fourth-order valence-electron chi connectivity index (χ4n) is 3.64. The Bertz CT molecular complexity index is 749. The molecule has 0 aliphatic carbocycles. The molecule has 10 heteroatoms. The summed E-state index contributed by atoms with van der Waals surface area (Å²) in [5.41, 5.74) is -1.07. The highest BCUT2D eigenvalue weighted by atomic mass is 16.6. The fraction of sp³-hybridized carbons (Fsp3) is 0.529. The average molecular weight is 376 g/mol. The maximum atomic E-state index is 12.7. The van der Waals surface area contributed by atoms with Gasteiger partial charge in [0.1, 0.15) is 0 Å². The van der Waals surface area contributed by atoms with Gasteiger partial charge in [0.25, 0.3) is 17.3 Å². The van der Waals surface area contributed by atoms with E-state index in [-0.39, 0.29) is 17.4 Å². The van der Waals surface area contributed by atoms with Crippen LogP contribution in [0.3, 0.4) is 0 Å². The minimum Gasteiger partial charge on any atom is -0.342 e. The van der Waals surface area contributed by atoms with Crippen molar-refractivity contribution < 1.29 is 19.4 Å². The predicted molar refractivity (Wildman–Crippen MR) is 94.2 cm³/mol. The molecule has 0 unspecified atom stereocenters. The summed E-state index contributed by atoms with van der Waals surface area (Å²) >= 11 is 0. The molecule has 2 aliphatic rings. The second kappa shape index (κ2) is 7.68. The van der Waals surface area contributed by atoms with Gasteiger partial charge in [0.2, 0.25) is 5.91 Å². The first kappa shape index (κ1) is 18.7. The fourth-order valence-corrected chi connectivity index (χ4v) is 3.64. The van der Waals surface area contributed by atoms with Crippen molar-refractivity contribution >= 4 is 23.2 Å². The quantitative estimate of drug-likeness (QED) is 0.584. The van der Waals surface area contributed by atoms with Gasteiger partial charge in [-0.15, -0.1) is 0 Å². The lowest BCUT2D eigenvalue weighted by Gasteiger charge is -2.33. The van der Waals surface area contributed by atoms with E-state index < -0.39 is 27.1 Å². The molecule has 2 aliphatic heterocycles. The first-order chi connectivity index (χ1) is 12.9. The van der Waals surface area contributed by atoms with Gasteiger partial charge in [-0.05, 0) is 25.7 Å². The third kappa shape index (κ3) is 4.04. The summed E-state index contributed by atoms with van der Waals surface area (Å²) in [6.45, 7) is 2.27. The molecular weight excluding hydrogens is 356 g/mol. The van der Waals surface area contributed by atoms with Crippen molar-refractivity contribution in [3.8, 4) is 0 Å². The van der Waals surface area contributed by atoms with Gasteiger partial charge in [-0.3, -0.25) is 29.8 Å². The Balaban J connectivity index is 1.69. The molecule has 1 aromatic carbocycles. The molecule has 144 valence electrons. The number of non-ortho nitro benzene ring substituents is 2. The topological polar surface area (TPSA) is 127 Å². The molecule has 3 rings (SSSR count). The lowest BCUT2D eigenvalue weighted by Crippen LogP contribution is -2.43. The van der Waals surface area contributed by atoms with Gasteiger partial charge in [-0.2, -0.15) is 0 Å². The second-order valence-corrected chi connectivity index (χ2v) is 6.85. The molecule has 0 radical (unpaired) electrons. The molecule has 2 heterocycles. The predicted octanol–water partition coefficient (Wildman–Crippen LogP) is 1.98. The first-order valence-electron chi connectivity index (χ1n) is 8.89. The number of nitrogens with zero attached hydrogens (tertiary/aromatic N) is 4.